The van der Waals surface area contributed by atoms with Gasteiger partial charge in [-0.2, -0.15) is 0 Å². The second kappa shape index (κ2) is 3.07. The summed E-state index contributed by atoms with van der Waals surface area (Å²) in [6.07, 6.45) is 0. The van der Waals surface area contributed by atoms with Crippen LogP contribution >= 0.6 is 15.9 Å². The molecule has 0 atom stereocenters. The molecule has 0 saturated carbocycles. The fourth-order valence-electron chi connectivity index (χ4n) is 1.07. The predicted molar refractivity (Wildman–Crippen MR) is 53.8 cm³/mol. The summed E-state index contributed by atoms with van der Waals surface area (Å²) >= 11 is 3.30. The van der Waals surface area contributed by atoms with Crippen molar-refractivity contribution in [1.82, 2.24) is 0 Å². The van der Waals surface area contributed by atoms with Crippen molar-refractivity contribution in [2.24, 2.45) is 0 Å². The van der Waals surface area contributed by atoms with Crippen LogP contribution in [0.2, 0.25) is 0 Å². The molecule has 0 radical (unpaired) electrons. The maximum absolute atomic E-state index is 9.69. The van der Waals surface area contributed by atoms with Crippen LogP contribution < -0.4 is 5.73 Å². The average molecular weight is 230 g/mol. The van der Waals surface area contributed by atoms with Gasteiger partial charge in [0.25, 0.3) is 0 Å². The lowest BCUT2D eigenvalue weighted by molar-refractivity contribution is 0.0793. The van der Waals surface area contributed by atoms with E-state index in [1.165, 1.54) is 0 Å². The summed E-state index contributed by atoms with van der Waals surface area (Å²) in [5, 5.41) is 9.69. The van der Waals surface area contributed by atoms with Crippen molar-refractivity contribution < 1.29 is 5.11 Å². The van der Waals surface area contributed by atoms with Crippen molar-refractivity contribution in [2.45, 2.75) is 19.4 Å². The first kappa shape index (κ1) is 9.55. The Bertz CT molecular complexity index is 291. The zero-order valence-corrected chi connectivity index (χ0v) is 8.72. The van der Waals surface area contributed by atoms with Gasteiger partial charge in [0.1, 0.15) is 0 Å². The molecule has 12 heavy (non-hydrogen) atoms. The number of halogens is 1. The van der Waals surface area contributed by atoms with Crippen molar-refractivity contribution in [3.05, 3.63) is 28.2 Å². The quantitative estimate of drug-likeness (QED) is 0.727. The molecule has 0 fully saturated rings. The number of nitrogen functional groups attached to an aromatic ring is 1. The van der Waals surface area contributed by atoms with E-state index in [-0.39, 0.29) is 0 Å². The summed E-state index contributed by atoms with van der Waals surface area (Å²) < 4.78 is 0.821. The summed E-state index contributed by atoms with van der Waals surface area (Å²) in [6, 6.07) is 5.53. The third-order valence-corrected chi connectivity index (χ3v) is 2.40. The molecule has 66 valence electrons. The SMILES string of the molecule is CC(C)(O)c1cccc(Br)c1N. The lowest BCUT2D eigenvalue weighted by atomic mass is 9.97. The number of benzene rings is 1. The number of hydrogen-bond donors (Lipinski definition) is 2. The average Bonchev–Trinajstić information content (AvgIpc) is 1.92. The summed E-state index contributed by atoms with van der Waals surface area (Å²) in [7, 11) is 0. The maximum Gasteiger partial charge on any atom is 0.0860 e. The minimum Gasteiger partial charge on any atom is -0.398 e. The first-order valence-electron chi connectivity index (χ1n) is 3.70. The molecule has 0 aromatic heterocycles. The predicted octanol–water partition coefficient (Wildman–Crippen LogP) is 2.26. The summed E-state index contributed by atoms with van der Waals surface area (Å²) in [6.45, 7) is 3.43. The number of aliphatic hydroxyl groups is 1. The van der Waals surface area contributed by atoms with Gasteiger partial charge in [-0.1, -0.05) is 12.1 Å². The van der Waals surface area contributed by atoms with Gasteiger partial charge in [-0.15, -0.1) is 0 Å². The smallest absolute Gasteiger partial charge is 0.0860 e. The van der Waals surface area contributed by atoms with Crippen LogP contribution in [0.25, 0.3) is 0 Å². The van der Waals surface area contributed by atoms with E-state index in [0.29, 0.717) is 5.69 Å². The summed E-state index contributed by atoms with van der Waals surface area (Å²) in [5.74, 6) is 0. The topological polar surface area (TPSA) is 46.2 Å². The molecule has 0 aliphatic rings. The first-order valence-corrected chi connectivity index (χ1v) is 4.49. The highest BCUT2D eigenvalue weighted by Gasteiger charge is 2.19. The Hall–Kier alpha value is -0.540. The molecule has 1 aromatic carbocycles. The van der Waals surface area contributed by atoms with Crippen LogP contribution in [0.4, 0.5) is 5.69 Å². The monoisotopic (exact) mass is 229 g/mol. The van der Waals surface area contributed by atoms with Crippen molar-refractivity contribution in [3.63, 3.8) is 0 Å². The highest BCUT2D eigenvalue weighted by atomic mass is 79.9. The van der Waals surface area contributed by atoms with Gasteiger partial charge >= 0.3 is 0 Å². The van der Waals surface area contributed by atoms with Crippen LogP contribution in [0.15, 0.2) is 22.7 Å². The van der Waals surface area contributed by atoms with Crippen LogP contribution in [0.5, 0.6) is 0 Å². The minimum atomic E-state index is -0.881. The second-order valence-corrected chi connectivity index (χ2v) is 4.11. The van der Waals surface area contributed by atoms with Crippen molar-refractivity contribution in [3.8, 4) is 0 Å². The largest absolute Gasteiger partial charge is 0.398 e. The van der Waals surface area contributed by atoms with E-state index < -0.39 is 5.60 Å². The molecule has 0 amide bonds. The molecule has 0 bridgehead atoms. The molecule has 0 unspecified atom stereocenters. The molecule has 1 rings (SSSR count). The number of anilines is 1. The van der Waals surface area contributed by atoms with Crippen LogP contribution in [0.3, 0.4) is 0 Å². The third-order valence-electron chi connectivity index (χ3n) is 1.71. The van der Waals surface area contributed by atoms with E-state index in [1.807, 2.05) is 18.2 Å². The molecule has 0 saturated heterocycles. The van der Waals surface area contributed by atoms with Crippen LogP contribution in [0, 0.1) is 0 Å². The van der Waals surface area contributed by atoms with Crippen molar-refractivity contribution >= 4 is 21.6 Å². The van der Waals surface area contributed by atoms with Gasteiger partial charge < -0.3 is 10.8 Å². The van der Waals surface area contributed by atoms with Crippen molar-refractivity contribution in [1.29, 1.82) is 0 Å². The van der Waals surface area contributed by atoms with Crippen LogP contribution in [-0.2, 0) is 5.60 Å². The minimum absolute atomic E-state index is 0.602. The molecule has 3 N–H and O–H groups in total. The normalized spacial score (nSPS) is 11.7. The highest BCUT2D eigenvalue weighted by Crippen LogP contribution is 2.30. The van der Waals surface area contributed by atoms with Gasteiger partial charge in [-0.3, -0.25) is 0 Å². The maximum atomic E-state index is 9.69. The fraction of sp³-hybridized carbons (Fsp3) is 0.333. The van der Waals surface area contributed by atoms with Crippen LogP contribution in [-0.4, -0.2) is 5.11 Å². The van der Waals surface area contributed by atoms with Gasteiger partial charge in [-0.05, 0) is 35.8 Å². The van der Waals surface area contributed by atoms with Gasteiger partial charge in [-0.25, -0.2) is 0 Å². The number of para-hydroxylation sites is 1. The second-order valence-electron chi connectivity index (χ2n) is 3.26. The van der Waals surface area contributed by atoms with E-state index in [1.54, 1.807) is 13.8 Å². The standard InChI is InChI=1S/C9H12BrNO/c1-9(2,12)6-4-3-5-7(10)8(6)11/h3-5,12H,11H2,1-2H3. The lowest BCUT2D eigenvalue weighted by Crippen LogP contribution is -2.17. The molecule has 0 aliphatic heterocycles. The van der Waals surface area contributed by atoms with Gasteiger partial charge in [0.2, 0.25) is 0 Å². The zero-order chi connectivity index (χ0) is 9.35. The van der Waals surface area contributed by atoms with Gasteiger partial charge in [0.15, 0.2) is 0 Å². The molecular formula is C9H12BrNO. The third kappa shape index (κ3) is 1.79. The highest BCUT2D eigenvalue weighted by molar-refractivity contribution is 9.10. The Balaban J connectivity index is 3.26. The molecular weight excluding hydrogens is 218 g/mol. The number of rotatable bonds is 1. The Labute approximate surface area is 80.5 Å². The molecule has 0 heterocycles. The number of nitrogens with two attached hydrogens (primary N) is 1. The summed E-state index contributed by atoms with van der Waals surface area (Å²) in [5.41, 5.74) is 6.23. The van der Waals surface area contributed by atoms with E-state index >= 15 is 0 Å². The molecule has 2 nitrogen and oxygen atoms in total. The Kier molecular flexibility index (Phi) is 2.44. The van der Waals surface area contributed by atoms with E-state index in [9.17, 15) is 5.11 Å². The molecule has 0 spiro atoms. The Morgan fingerprint density at radius 3 is 2.42 bits per heavy atom. The number of hydrogen-bond acceptors (Lipinski definition) is 2. The molecule has 1 aromatic rings. The van der Waals surface area contributed by atoms with E-state index in [2.05, 4.69) is 15.9 Å². The fourth-order valence-corrected chi connectivity index (χ4v) is 1.44. The van der Waals surface area contributed by atoms with Crippen molar-refractivity contribution in [2.75, 3.05) is 5.73 Å². The van der Waals surface area contributed by atoms with Crippen LogP contribution in [0.1, 0.15) is 19.4 Å². The van der Waals surface area contributed by atoms with Gasteiger partial charge in [0.05, 0.1) is 11.3 Å². The summed E-state index contributed by atoms with van der Waals surface area (Å²) in [4.78, 5) is 0. The first-order chi connectivity index (χ1) is 5.43. The molecule has 3 heteroatoms. The Morgan fingerprint density at radius 2 is 2.00 bits per heavy atom. The zero-order valence-electron chi connectivity index (χ0n) is 7.13. The lowest BCUT2D eigenvalue weighted by Gasteiger charge is -2.20. The molecule has 0 aliphatic carbocycles. The van der Waals surface area contributed by atoms with Gasteiger partial charge in [0, 0.05) is 10.0 Å². The van der Waals surface area contributed by atoms with E-state index in [4.69, 9.17) is 5.73 Å². The Morgan fingerprint density at radius 1 is 1.42 bits per heavy atom. The van der Waals surface area contributed by atoms with E-state index in [0.717, 1.165) is 10.0 Å².